The predicted molar refractivity (Wildman–Crippen MR) is 126 cm³/mol. The van der Waals surface area contributed by atoms with Crippen molar-refractivity contribution >= 4 is 24.3 Å². The van der Waals surface area contributed by atoms with E-state index in [2.05, 4.69) is 33.8 Å². The topological polar surface area (TPSA) is 41.9 Å². The smallest absolute Gasteiger partial charge is 0.399 e. The lowest BCUT2D eigenvalue weighted by Crippen LogP contribution is -2.41. The molecule has 7 heteroatoms. The van der Waals surface area contributed by atoms with Gasteiger partial charge in [-0.05, 0) is 49.5 Å². The molecule has 0 saturated carbocycles. The summed E-state index contributed by atoms with van der Waals surface area (Å²) < 4.78 is 27.1. The van der Waals surface area contributed by atoms with Crippen molar-refractivity contribution in [3.8, 4) is 0 Å². The van der Waals surface area contributed by atoms with Gasteiger partial charge in [-0.3, -0.25) is 4.90 Å². The molecule has 2 saturated heterocycles. The SMILES string of the molecule is CC(C)(C)C1=CC2(C)CN(Cc3ccc(B4OC(C)(C)C(C)(C)O4)cc3F)C(O)C2S1. The van der Waals surface area contributed by atoms with Crippen molar-refractivity contribution in [2.75, 3.05) is 6.54 Å². The van der Waals surface area contributed by atoms with Crippen LogP contribution in [0.4, 0.5) is 4.39 Å². The fraction of sp³-hybridized carbons (Fsp3) is 0.667. The number of likely N-dealkylation sites (tertiary alicyclic amines) is 1. The van der Waals surface area contributed by atoms with Crippen molar-refractivity contribution in [2.45, 2.75) is 84.6 Å². The fourth-order valence-electron chi connectivity index (χ4n) is 4.53. The van der Waals surface area contributed by atoms with Crippen LogP contribution in [0.1, 0.15) is 61.0 Å². The molecule has 0 amide bonds. The number of hydrogen-bond donors (Lipinski definition) is 1. The summed E-state index contributed by atoms with van der Waals surface area (Å²) in [5.41, 5.74) is 0.309. The van der Waals surface area contributed by atoms with Gasteiger partial charge in [0.25, 0.3) is 0 Å². The quantitative estimate of drug-likeness (QED) is 0.700. The summed E-state index contributed by atoms with van der Waals surface area (Å²) in [7, 11) is -0.582. The van der Waals surface area contributed by atoms with E-state index in [0.29, 0.717) is 24.1 Å². The Balaban J connectivity index is 1.49. The minimum Gasteiger partial charge on any atom is -0.399 e. The molecule has 3 aliphatic heterocycles. The van der Waals surface area contributed by atoms with Crippen LogP contribution in [0.5, 0.6) is 0 Å². The molecule has 0 bridgehead atoms. The molecule has 0 radical (unpaired) electrons. The van der Waals surface area contributed by atoms with Crippen molar-refractivity contribution in [3.63, 3.8) is 0 Å². The third kappa shape index (κ3) is 4.01. The van der Waals surface area contributed by atoms with Crippen LogP contribution in [0.25, 0.3) is 0 Å². The van der Waals surface area contributed by atoms with E-state index in [1.165, 1.54) is 11.0 Å². The van der Waals surface area contributed by atoms with Crippen LogP contribution >= 0.6 is 11.8 Å². The van der Waals surface area contributed by atoms with Crippen LogP contribution in [0, 0.1) is 16.6 Å². The van der Waals surface area contributed by atoms with Crippen LogP contribution in [-0.2, 0) is 15.9 Å². The molecule has 0 spiro atoms. The highest BCUT2D eigenvalue weighted by Crippen LogP contribution is 2.56. The molecule has 1 N–H and O–H groups in total. The first-order chi connectivity index (χ1) is 14.1. The highest BCUT2D eigenvalue weighted by molar-refractivity contribution is 8.04. The maximum Gasteiger partial charge on any atom is 0.494 e. The lowest BCUT2D eigenvalue weighted by Gasteiger charge is -2.32. The molecule has 3 heterocycles. The first kappa shape index (κ1) is 23.3. The highest BCUT2D eigenvalue weighted by Gasteiger charge is 2.54. The van der Waals surface area contributed by atoms with Gasteiger partial charge < -0.3 is 14.4 Å². The number of rotatable bonds is 3. The van der Waals surface area contributed by atoms with Crippen LogP contribution in [0.3, 0.4) is 0 Å². The van der Waals surface area contributed by atoms with Gasteiger partial charge in [-0.2, -0.15) is 0 Å². The number of aliphatic hydroxyl groups is 1. The van der Waals surface area contributed by atoms with Crippen LogP contribution in [0.15, 0.2) is 29.2 Å². The normalized spacial score (nSPS) is 32.5. The lowest BCUT2D eigenvalue weighted by atomic mass is 9.78. The van der Waals surface area contributed by atoms with Crippen molar-refractivity contribution in [3.05, 3.63) is 40.6 Å². The maximum absolute atomic E-state index is 15.0. The van der Waals surface area contributed by atoms with Gasteiger partial charge >= 0.3 is 7.12 Å². The molecular weight excluding hydrogens is 412 g/mol. The van der Waals surface area contributed by atoms with E-state index in [1.807, 2.05) is 38.7 Å². The molecule has 3 unspecified atom stereocenters. The molecule has 2 fully saturated rings. The minimum atomic E-state index is -0.603. The number of fused-ring (bicyclic) bond motifs is 1. The molecule has 0 aromatic heterocycles. The Morgan fingerprint density at radius 2 is 1.77 bits per heavy atom. The molecular formula is C24H35BFNO3S. The molecule has 1 aromatic carbocycles. The van der Waals surface area contributed by atoms with E-state index in [1.54, 1.807) is 17.8 Å². The number of benzene rings is 1. The predicted octanol–water partition coefficient (Wildman–Crippen LogP) is 4.31. The third-order valence-electron chi connectivity index (χ3n) is 7.27. The Bertz CT molecular complexity index is 897. The molecule has 170 valence electrons. The van der Waals surface area contributed by atoms with Crippen LogP contribution in [-0.4, -0.2) is 46.3 Å². The van der Waals surface area contributed by atoms with Gasteiger partial charge in [0.1, 0.15) is 12.0 Å². The number of nitrogens with zero attached hydrogens (tertiary/aromatic N) is 1. The molecule has 4 rings (SSSR count). The zero-order valence-corrected chi connectivity index (χ0v) is 20.8. The summed E-state index contributed by atoms with van der Waals surface area (Å²) >= 11 is 1.78. The van der Waals surface area contributed by atoms with Crippen LogP contribution in [0.2, 0.25) is 0 Å². The summed E-state index contributed by atoms with van der Waals surface area (Å²) in [5, 5.41) is 11.1. The van der Waals surface area contributed by atoms with Crippen LogP contribution < -0.4 is 5.46 Å². The summed E-state index contributed by atoms with van der Waals surface area (Å²) in [6, 6.07) is 5.18. The van der Waals surface area contributed by atoms with Gasteiger partial charge in [-0.1, -0.05) is 45.9 Å². The van der Waals surface area contributed by atoms with Gasteiger partial charge in [0.15, 0.2) is 0 Å². The van der Waals surface area contributed by atoms with E-state index < -0.39 is 24.5 Å². The van der Waals surface area contributed by atoms with Gasteiger partial charge in [-0.15, -0.1) is 11.8 Å². The maximum atomic E-state index is 15.0. The molecule has 3 aliphatic rings. The molecule has 3 atom stereocenters. The Morgan fingerprint density at radius 1 is 1.16 bits per heavy atom. The summed E-state index contributed by atoms with van der Waals surface area (Å²) in [6.07, 6.45) is 1.72. The molecule has 4 nitrogen and oxygen atoms in total. The number of thioether (sulfide) groups is 1. The molecule has 1 aromatic rings. The summed E-state index contributed by atoms with van der Waals surface area (Å²) in [5.74, 6) is -0.291. The average Bonchev–Trinajstić information content (AvgIpc) is 3.16. The molecule has 0 aliphatic carbocycles. The first-order valence-corrected chi connectivity index (χ1v) is 12.0. The largest absolute Gasteiger partial charge is 0.494 e. The Kier molecular flexibility index (Phi) is 5.51. The van der Waals surface area contributed by atoms with Crippen molar-refractivity contribution in [1.82, 2.24) is 4.90 Å². The molecule has 31 heavy (non-hydrogen) atoms. The Hall–Kier alpha value is -0.855. The third-order valence-corrected chi connectivity index (χ3v) is 9.29. The number of allylic oxidation sites excluding steroid dienone is 1. The van der Waals surface area contributed by atoms with E-state index in [4.69, 9.17) is 9.31 Å². The van der Waals surface area contributed by atoms with E-state index in [9.17, 15) is 5.11 Å². The Morgan fingerprint density at radius 3 is 2.29 bits per heavy atom. The fourth-order valence-corrected chi connectivity index (χ4v) is 6.20. The summed E-state index contributed by atoms with van der Waals surface area (Å²) in [4.78, 5) is 3.32. The lowest BCUT2D eigenvalue weighted by molar-refractivity contribution is 0.00578. The van der Waals surface area contributed by atoms with Gasteiger partial charge in [0, 0.05) is 24.1 Å². The number of halogens is 1. The van der Waals surface area contributed by atoms with E-state index in [-0.39, 0.29) is 21.9 Å². The number of hydrogen-bond acceptors (Lipinski definition) is 5. The zero-order chi connectivity index (χ0) is 23.0. The zero-order valence-electron chi connectivity index (χ0n) is 20.0. The minimum absolute atomic E-state index is 0.0776. The average molecular weight is 447 g/mol. The van der Waals surface area contributed by atoms with Gasteiger partial charge in [0.2, 0.25) is 0 Å². The van der Waals surface area contributed by atoms with Gasteiger partial charge in [0.05, 0.1) is 16.5 Å². The number of aliphatic hydroxyl groups excluding tert-OH is 1. The second-order valence-corrected chi connectivity index (χ2v) is 12.7. The Labute approximate surface area is 190 Å². The van der Waals surface area contributed by atoms with Crippen molar-refractivity contribution in [1.29, 1.82) is 0 Å². The van der Waals surface area contributed by atoms with Crippen molar-refractivity contribution in [2.24, 2.45) is 10.8 Å². The second kappa shape index (κ2) is 7.32. The van der Waals surface area contributed by atoms with E-state index in [0.717, 1.165) is 0 Å². The van der Waals surface area contributed by atoms with Crippen molar-refractivity contribution < 1.29 is 18.8 Å². The highest BCUT2D eigenvalue weighted by atomic mass is 32.2. The first-order valence-electron chi connectivity index (χ1n) is 11.1. The van der Waals surface area contributed by atoms with E-state index >= 15 is 4.39 Å². The standard InChI is InChI=1S/C24H35BFNO3S/c1-21(2,3)18-12-24(8)14-27(20(28)19(24)31-18)13-15-9-10-16(11-17(15)26)25-29-22(4,5)23(6,7)30-25/h9-12,19-20,28H,13-14H2,1-8H3. The summed E-state index contributed by atoms with van der Waals surface area (Å²) in [6.45, 7) is 17.9. The van der Waals surface area contributed by atoms with Gasteiger partial charge in [-0.25, -0.2) is 4.39 Å². The monoisotopic (exact) mass is 447 g/mol. The second-order valence-electron chi connectivity index (χ2n) is 11.6.